The lowest BCUT2D eigenvalue weighted by atomic mass is 9.85. The lowest BCUT2D eigenvalue weighted by molar-refractivity contribution is -0.150. The van der Waals surface area contributed by atoms with E-state index in [1.807, 2.05) is 0 Å². The standard InChI is InChI=1S/C13H25NO2/c1-13(2,3)8-9-16-12(15)10-6-4-5-7-11(10)14/h10-11H,4-9,14H2,1-3H3. The molecule has 3 nitrogen and oxygen atoms in total. The molecule has 0 spiro atoms. The van der Waals surface area contributed by atoms with Gasteiger partial charge in [-0.2, -0.15) is 0 Å². The van der Waals surface area contributed by atoms with Crippen molar-refractivity contribution in [2.45, 2.75) is 58.9 Å². The molecule has 1 rings (SSSR count). The van der Waals surface area contributed by atoms with E-state index in [0.29, 0.717) is 6.61 Å². The molecular weight excluding hydrogens is 202 g/mol. The average molecular weight is 227 g/mol. The molecule has 0 heterocycles. The van der Waals surface area contributed by atoms with Crippen molar-refractivity contribution in [1.82, 2.24) is 0 Å². The maximum Gasteiger partial charge on any atom is 0.310 e. The molecule has 3 heteroatoms. The summed E-state index contributed by atoms with van der Waals surface area (Å²) in [5.41, 5.74) is 6.15. The van der Waals surface area contributed by atoms with Crippen molar-refractivity contribution in [2.75, 3.05) is 6.61 Å². The summed E-state index contributed by atoms with van der Waals surface area (Å²) >= 11 is 0. The van der Waals surface area contributed by atoms with E-state index < -0.39 is 0 Å². The minimum absolute atomic E-state index is 0.0101. The van der Waals surface area contributed by atoms with E-state index in [-0.39, 0.29) is 23.3 Å². The van der Waals surface area contributed by atoms with Crippen LogP contribution in [0.4, 0.5) is 0 Å². The van der Waals surface area contributed by atoms with Crippen LogP contribution in [0.2, 0.25) is 0 Å². The highest BCUT2D eigenvalue weighted by Crippen LogP contribution is 2.24. The van der Waals surface area contributed by atoms with E-state index in [0.717, 1.165) is 32.1 Å². The summed E-state index contributed by atoms with van der Waals surface area (Å²) in [5.74, 6) is -0.148. The van der Waals surface area contributed by atoms with Gasteiger partial charge in [-0.1, -0.05) is 33.6 Å². The summed E-state index contributed by atoms with van der Waals surface area (Å²) in [7, 11) is 0. The van der Waals surface area contributed by atoms with Gasteiger partial charge in [0.2, 0.25) is 0 Å². The maximum atomic E-state index is 11.8. The van der Waals surface area contributed by atoms with E-state index >= 15 is 0 Å². The molecule has 1 saturated carbocycles. The fraction of sp³-hybridized carbons (Fsp3) is 0.923. The first-order valence-electron chi connectivity index (χ1n) is 6.32. The molecule has 1 aliphatic carbocycles. The first kappa shape index (κ1) is 13.5. The molecule has 2 unspecified atom stereocenters. The van der Waals surface area contributed by atoms with Gasteiger partial charge in [0.1, 0.15) is 0 Å². The number of nitrogens with two attached hydrogens (primary N) is 1. The molecule has 0 aromatic rings. The monoisotopic (exact) mass is 227 g/mol. The van der Waals surface area contributed by atoms with Gasteiger partial charge in [-0.3, -0.25) is 4.79 Å². The van der Waals surface area contributed by atoms with Crippen molar-refractivity contribution in [2.24, 2.45) is 17.1 Å². The van der Waals surface area contributed by atoms with Gasteiger partial charge in [-0.15, -0.1) is 0 Å². The molecule has 0 bridgehead atoms. The zero-order valence-corrected chi connectivity index (χ0v) is 10.8. The van der Waals surface area contributed by atoms with E-state index in [2.05, 4.69) is 20.8 Å². The number of ether oxygens (including phenoxy) is 1. The average Bonchev–Trinajstić information content (AvgIpc) is 2.16. The van der Waals surface area contributed by atoms with Gasteiger partial charge in [-0.25, -0.2) is 0 Å². The van der Waals surface area contributed by atoms with Crippen LogP contribution in [-0.2, 0) is 9.53 Å². The largest absolute Gasteiger partial charge is 0.465 e. The van der Waals surface area contributed by atoms with Crippen molar-refractivity contribution in [3.8, 4) is 0 Å². The molecule has 0 aliphatic heterocycles. The maximum absolute atomic E-state index is 11.8. The fourth-order valence-corrected chi connectivity index (χ4v) is 2.02. The third kappa shape index (κ3) is 4.52. The Labute approximate surface area is 98.7 Å². The van der Waals surface area contributed by atoms with Crippen molar-refractivity contribution < 1.29 is 9.53 Å². The number of rotatable bonds is 3. The zero-order valence-electron chi connectivity index (χ0n) is 10.8. The lowest BCUT2D eigenvalue weighted by Crippen LogP contribution is -2.39. The van der Waals surface area contributed by atoms with Crippen LogP contribution in [0.3, 0.4) is 0 Å². The normalized spacial score (nSPS) is 26.5. The molecule has 0 aromatic carbocycles. The second-order valence-corrected chi connectivity index (χ2v) is 6.03. The van der Waals surface area contributed by atoms with Crippen molar-refractivity contribution in [3.05, 3.63) is 0 Å². The van der Waals surface area contributed by atoms with Gasteiger partial charge in [-0.05, 0) is 24.7 Å². The van der Waals surface area contributed by atoms with Crippen molar-refractivity contribution in [1.29, 1.82) is 0 Å². The molecule has 0 saturated heterocycles. The minimum Gasteiger partial charge on any atom is -0.465 e. The Hall–Kier alpha value is -0.570. The summed E-state index contributed by atoms with van der Waals surface area (Å²) in [6.07, 6.45) is 5.01. The first-order valence-corrected chi connectivity index (χ1v) is 6.32. The molecule has 2 atom stereocenters. The van der Waals surface area contributed by atoms with Gasteiger partial charge in [0.25, 0.3) is 0 Å². The predicted molar refractivity (Wildman–Crippen MR) is 65.0 cm³/mol. The van der Waals surface area contributed by atoms with Crippen LogP contribution in [0.5, 0.6) is 0 Å². The van der Waals surface area contributed by atoms with Crippen molar-refractivity contribution in [3.63, 3.8) is 0 Å². The van der Waals surface area contributed by atoms with E-state index in [1.54, 1.807) is 0 Å². The number of esters is 1. The summed E-state index contributed by atoms with van der Waals surface area (Å²) in [6, 6.07) is 0.0101. The predicted octanol–water partition coefficient (Wildman–Crippen LogP) is 2.48. The number of carbonyl (C=O) groups is 1. The SMILES string of the molecule is CC(C)(C)CCOC(=O)C1CCCCC1N. The Morgan fingerprint density at radius 3 is 2.50 bits per heavy atom. The Balaban J connectivity index is 2.29. The van der Waals surface area contributed by atoms with E-state index in [1.165, 1.54) is 0 Å². The van der Waals surface area contributed by atoms with Crippen LogP contribution in [0.25, 0.3) is 0 Å². The van der Waals surface area contributed by atoms with Crippen LogP contribution in [0.1, 0.15) is 52.9 Å². The molecule has 1 aliphatic rings. The lowest BCUT2D eigenvalue weighted by Gasteiger charge is -2.27. The third-order valence-corrected chi connectivity index (χ3v) is 3.22. The summed E-state index contributed by atoms with van der Waals surface area (Å²) in [4.78, 5) is 11.8. The molecular formula is C13H25NO2. The van der Waals surface area contributed by atoms with E-state index in [9.17, 15) is 4.79 Å². The number of carbonyl (C=O) groups excluding carboxylic acids is 1. The Morgan fingerprint density at radius 1 is 1.31 bits per heavy atom. The van der Waals surface area contributed by atoms with Gasteiger partial charge in [0.05, 0.1) is 12.5 Å². The second-order valence-electron chi connectivity index (χ2n) is 6.03. The summed E-state index contributed by atoms with van der Waals surface area (Å²) < 4.78 is 5.31. The highest BCUT2D eigenvalue weighted by molar-refractivity contribution is 5.73. The number of hydrogen-bond donors (Lipinski definition) is 1. The quantitative estimate of drug-likeness (QED) is 0.754. The van der Waals surface area contributed by atoms with Gasteiger partial charge < -0.3 is 10.5 Å². The molecule has 0 amide bonds. The molecule has 16 heavy (non-hydrogen) atoms. The van der Waals surface area contributed by atoms with Gasteiger partial charge >= 0.3 is 5.97 Å². The van der Waals surface area contributed by atoms with E-state index in [4.69, 9.17) is 10.5 Å². The van der Waals surface area contributed by atoms with Crippen LogP contribution in [0, 0.1) is 11.3 Å². The van der Waals surface area contributed by atoms with Crippen LogP contribution in [0.15, 0.2) is 0 Å². The molecule has 2 N–H and O–H groups in total. The number of hydrogen-bond acceptors (Lipinski definition) is 3. The third-order valence-electron chi connectivity index (χ3n) is 3.22. The first-order chi connectivity index (χ1) is 7.40. The van der Waals surface area contributed by atoms with Gasteiger partial charge in [0.15, 0.2) is 0 Å². The minimum atomic E-state index is -0.0866. The highest BCUT2D eigenvalue weighted by atomic mass is 16.5. The molecule has 0 aromatic heterocycles. The summed E-state index contributed by atoms with van der Waals surface area (Å²) in [6.45, 7) is 6.96. The zero-order chi connectivity index (χ0) is 12.2. The molecule has 94 valence electrons. The second kappa shape index (κ2) is 5.67. The van der Waals surface area contributed by atoms with Gasteiger partial charge in [0, 0.05) is 6.04 Å². The van der Waals surface area contributed by atoms with Crippen LogP contribution in [-0.4, -0.2) is 18.6 Å². The fourth-order valence-electron chi connectivity index (χ4n) is 2.02. The van der Waals surface area contributed by atoms with Crippen molar-refractivity contribution >= 4 is 5.97 Å². The Kier molecular flexibility index (Phi) is 4.78. The smallest absolute Gasteiger partial charge is 0.310 e. The van der Waals surface area contributed by atoms with Crippen LogP contribution < -0.4 is 5.73 Å². The highest BCUT2D eigenvalue weighted by Gasteiger charge is 2.29. The summed E-state index contributed by atoms with van der Waals surface area (Å²) in [5, 5.41) is 0. The Bertz CT molecular complexity index is 233. The molecule has 1 fully saturated rings. The Morgan fingerprint density at radius 2 is 1.94 bits per heavy atom. The van der Waals surface area contributed by atoms with Crippen LogP contribution >= 0.6 is 0 Å². The topological polar surface area (TPSA) is 52.3 Å². The molecule has 0 radical (unpaired) electrons.